The molecule has 2 amide bonds. The molecule has 0 bridgehead atoms. The van der Waals surface area contributed by atoms with Gasteiger partial charge in [0.15, 0.2) is 6.61 Å². The largest absolute Gasteiger partial charge is 0.483 e. The van der Waals surface area contributed by atoms with Crippen molar-refractivity contribution in [3.8, 4) is 5.75 Å². The molecule has 2 aromatic carbocycles. The van der Waals surface area contributed by atoms with E-state index in [1.807, 2.05) is 0 Å². The van der Waals surface area contributed by atoms with Gasteiger partial charge in [0.05, 0.1) is 5.56 Å². The van der Waals surface area contributed by atoms with Crippen molar-refractivity contribution < 1.29 is 27.5 Å². The monoisotopic (exact) mass is 430 g/mol. The van der Waals surface area contributed by atoms with E-state index in [2.05, 4.69) is 21.2 Å². The number of alkyl halides is 3. The Morgan fingerprint density at radius 2 is 1.69 bits per heavy atom. The highest BCUT2D eigenvalue weighted by molar-refractivity contribution is 9.10. The zero-order valence-corrected chi connectivity index (χ0v) is 14.9. The lowest BCUT2D eigenvalue weighted by Gasteiger charge is -2.13. The molecule has 5 nitrogen and oxygen atoms in total. The van der Waals surface area contributed by atoms with Crippen molar-refractivity contribution in [3.63, 3.8) is 0 Å². The van der Waals surface area contributed by atoms with E-state index >= 15 is 0 Å². The van der Waals surface area contributed by atoms with Gasteiger partial charge in [-0.1, -0.05) is 28.1 Å². The Balaban J connectivity index is 1.95. The van der Waals surface area contributed by atoms with Crippen LogP contribution in [-0.2, 0) is 4.79 Å². The molecule has 0 aromatic heterocycles. The molecule has 0 aliphatic rings. The summed E-state index contributed by atoms with van der Waals surface area (Å²) in [7, 11) is 0. The molecule has 0 spiro atoms. The molecule has 0 saturated heterocycles. The molecule has 0 saturated carbocycles. The second-order valence-corrected chi connectivity index (χ2v) is 6.05. The highest BCUT2D eigenvalue weighted by Gasteiger charge is 2.28. The first-order chi connectivity index (χ1) is 12.2. The van der Waals surface area contributed by atoms with Gasteiger partial charge in [0.1, 0.15) is 12.3 Å². The van der Waals surface area contributed by atoms with Crippen LogP contribution in [0.15, 0.2) is 53.0 Å². The zero-order chi connectivity index (χ0) is 19.2. The van der Waals surface area contributed by atoms with Crippen molar-refractivity contribution in [2.24, 2.45) is 0 Å². The lowest BCUT2D eigenvalue weighted by Crippen LogP contribution is -2.34. The van der Waals surface area contributed by atoms with Gasteiger partial charge in [-0.15, -0.1) is 0 Å². The SMILES string of the molecule is O=C(COc1ccccc1C(=O)NCC(F)(F)F)Nc1ccc(Br)cc1. The number of benzene rings is 2. The van der Waals surface area contributed by atoms with Crippen LogP contribution in [0, 0.1) is 0 Å². The van der Waals surface area contributed by atoms with Crippen molar-refractivity contribution in [1.82, 2.24) is 5.32 Å². The minimum Gasteiger partial charge on any atom is -0.483 e. The Morgan fingerprint density at radius 1 is 1.04 bits per heavy atom. The van der Waals surface area contributed by atoms with Crippen LogP contribution in [0.5, 0.6) is 5.75 Å². The molecule has 0 fully saturated rings. The number of hydrogen-bond acceptors (Lipinski definition) is 3. The van der Waals surface area contributed by atoms with E-state index in [0.717, 1.165) is 4.47 Å². The number of amides is 2. The highest BCUT2D eigenvalue weighted by Crippen LogP contribution is 2.19. The van der Waals surface area contributed by atoms with Crippen molar-refractivity contribution in [1.29, 1.82) is 0 Å². The standard InChI is InChI=1S/C17H14BrF3N2O3/c18-11-5-7-12(8-6-11)23-15(24)9-26-14-4-2-1-3-13(14)16(25)22-10-17(19,20)21/h1-8H,9-10H2,(H,22,25)(H,23,24). The summed E-state index contributed by atoms with van der Waals surface area (Å²) in [5.74, 6) is -1.40. The second-order valence-electron chi connectivity index (χ2n) is 5.14. The van der Waals surface area contributed by atoms with Crippen LogP contribution >= 0.6 is 15.9 Å². The molecule has 2 N–H and O–H groups in total. The lowest BCUT2D eigenvalue weighted by atomic mass is 10.2. The van der Waals surface area contributed by atoms with E-state index in [9.17, 15) is 22.8 Å². The van der Waals surface area contributed by atoms with Crippen molar-refractivity contribution in [3.05, 3.63) is 58.6 Å². The minimum atomic E-state index is -4.52. The number of rotatable bonds is 6. The summed E-state index contributed by atoms with van der Waals surface area (Å²) >= 11 is 3.27. The predicted octanol–water partition coefficient (Wildman–Crippen LogP) is 3.76. The number of carbonyl (C=O) groups is 2. The number of halogens is 4. The Labute approximate surface area is 155 Å². The topological polar surface area (TPSA) is 67.4 Å². The molecule has 2 rings (SSSR count). The Kier molecular flexibility index (Phi) is 6.62. The average molecular weight is 431 g/mol. The van der Waals surface area contributed by atoms with E-state index in [1.54, 1.807) is 35.6 Å². The smallest absolute Gasteiger partial charge is 0.405 e. The fourth-order valence-electron chi connectivity index (χ4n) is 1.93. The van der Waals surface area contributed by atoms with E-state index < -0.39 is 31.1 Å². The maximum atomic E-state index is 12.2. The molecule has 2 aromatic rings. The summed E-state index contributed by atoms with van der Waals surface area (Å²) < 4.78 is 42.8. The van der Waals surface area contributed by atoms with Crippen LogP contribution in [0.1, 0.15) is 10.4 Å². The van der Waals surface area contributed by atoms with Gasteiger partial charge >= 0.3 is 6.18 Å². The van der Waals surface area contributed by atoms with Gasteiger partial charge in [-0.2, -0.15) is 13.2 Å². The van der Waals surface area contributed by atoms with Gasteiger partial charge in [-0.25, -0.2) is 0 Å². The van der Waals surface area contributed by atoms with Gasteiger partial charge in [-0.05, 0) is 36.4 Å². The summed E-state index contributed by atoms with van der Waals surface area (Å²) in [6.45, 7) is -1.86. The predicted molar refractivity (Wildman–Crippen MR) is 93.1 cm³/mol. The van der Waals surface area contributed by atoms with E-state index in [0.29, 0.717) is 5.69 Å². The third-order valence-electron chi connectivity index (χ3n) is 3.07. The third-order valence-corrected chi connectivity index (χ3v) is 3.60. The highest BCUT2D eigenvalue weighted by atomic mass is 79.9. The van der Waals surface area contributed by atoms with Crippen LogP contribution in [-0.4, -0.2) is 31.1 Å². The molecular formula is C17H14BrF3N2O3. The first-order valence-corrected chi connectivity index (χ1v) is 8.16. The third kappa shape index (κ3) is 6.40. The number of para-hydroxylation sites is 1. The molecule has 0 aliphatic heterocycles. The fourth-order valence-corrected chi connectivity index (χ4v) is 2.19. The number of nitrogens with one attached hydrogen (secondary N) is 2. The number of hydrogen-bond donors (Lipinski definition) is 2. The summed E-state index contributed by atoms with van der Waals surface area (Å²) in [6.07, 6.45) is -4.52. The van der Waals surface area contributed by atoms with Crippen molar-refractivity contribution in [2.75, 3.05) is 18.5 Å². The Hall–Kier alpha value is -2.55. The summed E-state index contributed by atoms with van der Waals surface area (Å²) in [5, 5.41) is 4.36. The maximum Gasteiger partial charge on any atom is 0.405 e. The second kappa shape index (κ2) is 8.70. The number of ether oxygens (including phenoxy) is 1. The van der Waals surface area contributed by atoms with Gasteiger partial charge in [0.2, 0.25) is 0 Å². The summed E-state index contributed by atoms with van der Waals surface area (Å²) in [6, 6.07) is 12.6. The summed E-state index contributed by atoms with van der Waals surface area (Å²) in [5.41, 5.74) is 0.464. The van der Waals surface area contributed by atoms with Crippen molar-refractivity contribution in [2.45, 2.75) is 6.18 Å². The van der Waals surface area contributed by atoms with Crippen LogP contribution in [0.25, 0.3) is 0 Å². The van der Waals surface area contributed by atoms with Crippen LogP contribution in [0.4, 0.5) is 18.9 Å². The molecule has 26 heavy (non-hydrogen) atoms. The van der Waals surface area contributed by atoms with E-state index in [1.165, 1.54) is 18.2 Å². The number of carbonyl (C=O) groups excluding carboxylic acids is 2. The van der Waals surface area contributed by atoms with Gasteiger partial charge < -0.3 is 15.4 Å². The molecule has 0 heterocycles. The normalized spacial score (nSPS) is 10.9. The molecule has 0 radical (unpaired) electrons. The summed E-state index contributed by atoms with van der Waals surface area (Å²) in [4.78, 5) is 23.8. The van der Waals surface area contributed by atoms with Gasteiger partial charge in [-0.3, -0.25) is 9.59 Å². The van der Waals surface area contributed by atoms with E-state index in [-0.39, 0.29) is 11.3 Å². The molecule has 0 aliphatic carbocycles. The first-order valence-electron chi connectivity index (χ1n) is 7.37. The fraction of sp³-hybridized carbons (Fsp3) is 0.176. The molecule has 138 valence electrons. The Bertz CT molecular complexity index is 780. The van der Waals surface area contributed by atoms with Crippen molar-refractivity contribution >= 4 is 33.4 Å². The lowest BCUT2D eigenvalue weighted by molar-refractivity contribution is -0.123. The Morgan fingerprint density at radius 3 is 2.35 bits per heavy atom. The maximum absolute atomic E-state index is 12.2. The molecular weight excluding hydrogens is 417 g/mol. The number of anilines is 1. The minimum absolute atomic E-state index is 0.0122. The van der Waals surface area contributed by atoms with Gasteiger partial charge in [0.25, 0.3) is 11.8 Å². The first kappa shape index (κ1) is 19.8. The molecule has 9 heteroatoms. The van der Waals surface area contributed by atoms with Crippen LogP contribution in [0.2, 0.25) is 0 Å². The molecule has 0 unspecified atom stereocenters. The van der Waals surface area contributed by atoms with E-state index in [4.69, 9.17) is 4.74 Å². The quantitative estimate of drug-likeness (QED) is 0.732. The van der Waals surface area contributed by atoms with Crippen LogP contribution < -0.4 is 15.4 Å². The zero-order valence-electron chi connectivity index (χ0n) is 13.3. The van der Waals surface area contributed by atoms with Crippen LogP contribution in [0.3, 0.4) is 0 Å². The molecule has 0 atom stereocenters. The van der Waals surface area contributed by atoms with Gasteiger partial charge in [0, 0.05) is 10.2 Å². The average Bonchev–Trinajstić information content (AvgIpc) is 2.59.